The molecule has 0 bridgehead atoms. The van der Waals surface area contributed by atoms with Crippen LogP contribution in [0.4, 0.5) is 5.69 Å². The first-order valence-corrected chi connectivity index (χ1v) is 7.53. The highest BCUT2D eigenvalue weighted by atomic mass is 16.6. The van der Waals surface area contributed by atoms with Crippen molar-refractivity contribution in [1.82, 2.24) is 9.78 Å². The molecule has 132 valence electrons. The van der Waals surface area contributed by atoms with Gasteiger partial charge in [0.1, 0.15) is 23.0 Å². The maximum absolute atomic E-state index is 12.3. The number of ether oxygens (including phenoxy) is 1. The second kappa shape index (κ2) is 5.28. The Kier molecular flexibility index (Phi) is 3.57. The Morgan fingerprint density at radius 3 is 2.60 bits per heavy atom. The number of non-ortho nitro benzene ring substituents is 1. The quantitative estimate of drug-likeness (QED) is 0.620. The van der Waals surface area contributed by atoms with Crippen LogP contribution in [-0.4, -0.2) is 36.1 Å². The minimum absolute atomic E-state index is 0.212. The minimum atomic E-state index is -1.65. The molecule has 0 spiro atoms. The van der Waals surface area contributed by atoms with Crippen LogP contribution in [0, 0.1) is 10.1 Å². The second-order valence-electron chi connectivity index (χ2n) is 6.62. The first-order valence-electron chi connectivity index (χ1n) is 7.53. The predicted molar refractivity (Wildman–Crippen MR) is 86.7 cm³/mol. The van der Waals surface area contributed by atoms with Gasteiger partial charge in [-0.15, -0.1) is 5.10 Å². The number of nitro groups is 1. The summed E-state index contributed by atoms with van der Waals surface area (Å²) in [5.41, 5.74) is -3.33. The molecular weight excluding hydrogens is 330 g/mol. The molecule has 0 saturated heterocycles. The van der Waals surface area contributed by atoms with E-state index in [4.69, 9.17) is 4.74 Å². The number of aromatic hydroxyl groups is 1. The molecular formula is C16H17N3O6. The van der Waals surface area contributed by atoms with Gasteiger partial charge in [0.2, 0.25) is 5.88 Å². The maximum Gasteiger partial charge on any atom is 0.270 e. The van der Waals surface area contributed by atoms with Gasteiger partial charge in [-0.1, -0.05) is 0 Å². The van der Waals surface area contributed by atoms with Gasteiger partial charge < -0.3 is 14.9 Å². The van der Waals surface area contributed by atoms with Crippen LogP contribution in [0.15, 0.2) is 35.1 Å². The van der Waals surface area contributed by atoms with Gasteiger partial charge in [-0.3, -0.25) is 14.9 Å². The summed E-state index contributed by atoms with van der Waals surface area (Å²) in [7, 11) is 0. The van der Waals surface area contributed by atoms with Crippen LogP contribution >= 0.6 is 0 Å². The van der Waals surface area contributed by atoms with Crippen molar-refractivity contribution in [1.29, 1.82) is 0 Å². The van der Waals surface area contributed by atoms with Gasteiger partial charge in [-0.05, 0) is 26.8 Å². The van der Waals surface area contributed by atoms with Gasteiger partial charge in [-0.25, -0.2) is 4.68 Å². The molecule has 2 aromatic rings. The fourth-order valence-corrected chi connectivity index (χ4v) is 2.94. The lowest BCUT2D eigenvalue weighted by molar-refractivity contribution is -0.385. The highest BCUT2D eigenvalue weighted by Crippen LogP contribution is 2.48. The van der Waals surface area contributed by atoms with E-state index >= 15 is 0 Å². The lowest BCUT2D eigenvalue weighted by Gasteiger charge is -2.49. The fourth-order valence-electron chi connectivity index (χ4n) is 2.94. The van der Waals surface area contributed by atoms with Gasteiger partial charge in [0, 0.05) is 29.8 Å². The third-order valence-corrected chi connectivity index (χ3v) is 4.67. The Morgan fingerprint density at radius 2 is 1.96 bits per heavy atom. The minimum Gasteiger partial charge on any atom is -0.492 e. The Morgan fingerprint density at radius 1 is 1.28 bits per heavy atom. The standard InChI is InChI=1S/C16H17N3O6/c1-15(2)16(3,22)14(18-13(21)7-6-12(20)17-18)10-8-9(19(23)24)4-5-11(10)25-15/h4-8,14,22H,1-3H3,(H,17,20). The summed E-state index contributed by atoms with van der Waals surface area (Å²) in [6, 6.07) is 5.09. The number of rotatable bonds is 2. The zero-order chi connectivity index (χ0) is 18.6. The molecule has 0 radical (unpaired) electrons. The normalized spacial score (nSPS) is 24.2. The van der Waals surface area contributed by atoms with E-state index in [1.54, 1.807) is 13.8 Å². The van der Waals surface area contributed by atoms with Crippen LogP contribution in [0.5, 0.6) is 11.6 Å². The highest BCUT2D eigenvalue weighted by Gasteiger charge is 2.54. The molecule has 2 atom stereocenters. The Balaban J connectivity index is 2.34. The first-order chi connectivity index (χ1) is 11.5. The number of hydrogen-bond acceptors (Lipinski definition) is 7. The van der Waals surface area contributed by atoms with Crippen molar-refractivity contribution in [2.75, 3.05) is 0 Å². The van der Waals surface area contributed by atoms with Crippen LogP contribution in [0.3, 0.4) is 0 Å². The molecule has 1 aromatic heterocycles. The number of fused-ring (bicyclic) bond motifs is 1. The summed E-state index contributed by atoms with van der Waals surface area (Å²) in [6.45, 7) is 4.73. The smallest absolute Gasteiger partial charge is 0.270 e. The monoisotopic (exact) mass is 347 g/mol. The van der Waals surface area contributed by atoms with E-state index in [1.165, 1.54) is 25.1 Å². The molecule has 1 aromatic carbocycles. The Labute approximate surface area is 142 Å². The molecule has 2 N–H and O–H groups in total. The average molecular weight is 347 g/mol. The molecule has 2 heterocycles. The summed E-state index contributed by atoms with van der Waals surface area (Å²) in [4.78, 5) is 22.8. The zero-order valence-electron chi connectivity index (χ0n) is 13.8. The van der Waals surface area contributed by atoms with Crippen molar-refractivity contribution in [2.24, 2.45) is 0 Å². The van der Waals surface area contributed by atoms with Gasteiger partial charge >= 0.3 is 0 Å². The van der Waals surface area contributed by atoms with Crippen LogP contribution in [0.2, 0.25) is 0 Å². The number of aliphatic hydroxyl groups is 1. The molecule has 1 aliphatic heterocycles. The topological polar surface area (TPSA) is 128 Å². The highest BCUT2D eigenvalue weighted by molar-refractivity contribution is 5.49. The van der Waals surface area contributed by atoms with Crippen molar-refractivity contribution in [2.45, 2.75) is 38.0 Å². The molecule has 9 heteroatoms. The van der Waals surface area contributed by atoms with E-state index in [-0.39, 0.29) is 11.3 Å². The SMILES string of the molecule is CC1(C)Oc2ccc([N+](=O)[O-])cc2C(n2nc(O)ccc2=O)C1(C)O. The lowest BCUT2D eigenvalue weighted by Crippen LogP contribution is -2.61. The summed E-state index contributed by atoms with van der Waals surface area (Å²) in [5, 5.41) is 35.7. The molecule has 3 rings (SSSR count). The van der Waals surface area contributed by atoms with E-state index < -0.39 is 33.6 Å². The van der Waals surface area contributed by atoms with Gasteiger partial charge in [-0.2, -0.15) is 0 Å². The van der Waals surface area contributed by atoms with Crippen molar-refractivity contribution >= 4 is 5.69 Å². The van der Waals surface area contributed by atoms with Gasteiger partial charge in [0.05, 0.1) is 4.92 Å². The number of aromatic nitrogens is 2. The van der Waals surface area contributed by atoms with E-state index in [2.05, 4.69) is 5.10 Å². The summed E-state index contributed by atoms with van der Waals surface area (Å²) in [6.07, 6.45) is 0. The van der Waals surface area contributed by atoms with Crippen molar-refractivity contribution in [3.63, 3.8) is 0 Å². The van der Waals surface area contributed by atoms with Gasteiger partial charge in [0.25, 0.3) is 11.2 Å². The number of benzene rings is 1. The fraction of sp³-hybridized carbons (Fsp3) is 0.375. The van der Waals surface area contributed by atoms with Gasteiger partial charge in [0.15, 0.2) is 0 Å². The van der Waals surface area contributed by atoms with Crippen molar-refractivity contribution in [3.05, 3.63) is 56.4 Å². The van der Waals surface area contributed by atoms with Crippen LogP contribution in [-0.2, 0) is 0 Å². The lowest BCUT2D eigenvalue weighted by atomic mass is 9.75. The average Bonchev–Trinajstić information content (AvgIpc) is 2.50. The number of nitrogens with zero attached hydrogens (tertiary/aromatic N) is 3. The summed E-state index contributed by atoms with van der Waals surface area (Å²) >= 11 is 0. The molecule has 0 aliphatic carbocycles. The molecule has 2 unspecified atom stereocenters. The number of nitro benzene ring substituents is 1. The Hall–Kier alpha value is -2.94. The van der Waals surface area contributed by atoms with Crippen LogP contribution in [0.1, 0.15) is 32.4 Å². The van der Waals surface area contributed by atoms with E-state index in [0.29, 0.717) is 5.75 Å². The molecule has 1 aliphatic rings. The molecule has 9 nitrogen and oxygen atoms in total. The third-order valence-electron chi connectivity index (χ3n) is 4.67. The van der Waals surface area contributed by atoms with Crippen LogP contribution < -0.4 is 10.3 Å². The maximum atomic E-state index is 12.3. The largest absolute Gasteiger partial charge is 0.492 e. The summed E-state index contributed by atoms with van der Waals surface area (Å²) in [5.74, 6) is -0.115. The van der Waals surface area contributed by atoms with Crippen molar-refractivity contribution in [3.8, 4) is 11.6 Å². The third kappa shape index (κ3) is 2.52. The van der Waals surface area contributed by atoms with E-state index in [0.717, 1.165) is 16.8 Å². The predicted octanol–water partition coefficient (Wildman–Crippen LogP) is 1.37. The van der Waals surface area contributed by atoms with Crippen LogP contribution in [0.25, 0.3) is 0 Å². The van der Waals surface area contributed by atoms with E-state index in [9.17, 15) is 25.1 Å². The molecule has 0 amide bonds. The second-order valence-corrected chi connectivity index (χ2v) is 6.62. The Bertz CT molecular complexity index is 918. The van der Waals surface area contributed by atoms with E-state index in [1.807, 2.05) is 0 Å². The molecule has 25 heavy (non-hydrogen) atoms. The first kappa shape index (κ1) is 16.9. The molecule has 0 saturated carbocycles. The zero-order valence-corrected chi connectivity index (χ0v) is 13.8. The summed E-state index contributed by atoms with van der Waals surface area (Å²) < 4.78 is 6.73. The van der Waals surface area contributed by atoms with Crippen molar-refractivity contribution < 1.29 is 19.9 Å². The number of hydrogen-bond donors (Lipinski definition) is 2. The molecule has 0 fully saturated rings.